The third kappa shape index (κ3) is 5.13. The smallest absolute Gasteiger partial charge is 0.337 e. The summed E-state index contributed by atoms with van der Waals surface area (Å²) in [6.45, 7) is 5.40. The predicted octanol–water partition coefficient (Wildman–Crippen LogP) is 1.98. The normalized spacial score (nSPS) is 10.7. The molecule has 6 nitrogen and oxygen atoms in total. The van der Waals surface area contributed by atoms with Gasteiger partial charge in [0, 0.05) is 19.3 Å². The minimum absolute atomic E-state index is 0.0700. The lowest BCUT2D eigenvalue weighted by atomic mass is 10.2. The van der Waals surface area contributed by atoms with Gasteiger partial charge in [0.15, 0.2) is 0 Å². The maximum absolute atomic E-state index is 10.9. The molecule has 0 aliphatic heterocycles. The van der Waals surface area contributed by atoms with Gasteiger partial charge in [-0.05, 0) is 32.8 Å². The number of aromatic carboxylic acids is 1. The number of hydrogen-bond donors (Lipinski definition) is 3. The van der Waals surface area contributed by atoms with E-state index in [1.807, 2.05) is 13.8 Å². The number of carboxylic acid groups (broad SMARTS) is 1. The molecule has 1 rings (SSSR count). The number of nitrogen functional groups attached to an aromatic ring is 1. The van der Waals surface area contributed by atoms with Crippen LogP contribution in [0.4, 0.5) is 11.5 Å². The number of pyridine rings is 1. The molecule has 0 saturated heterocycles. The van der Waals surface area contributed by atoms with Crippen LogP contribution >= 0.6 is 0 Å². The fourth-order valence-electron chi connectivity index (χ4n) is 1.55. The van der Waals surface area contributed by atoms with Crippen LogP contribution in [0.2, 0.25) is 0 Å². The predicted molar refractivity (Wildman–Crippen MR) is 74.4 cm³/mol. The van der Waals surface area contributed by atoms with Gasteiger partial charge in [0.1, 0.15) is 5.82 Å². The van der Waals surface area contributed by atoms with Crippen molar-refractivity contribution in [1.82, 2.24) is 4.98 Å². The number of anilines is 2. The second-order valence-electron chi connectivity index (χ2n) is 4.48. The Balaban J connectivity index is 2.37. The highest BCUT2D eigenvalue weighted by Gasteiger charge is 2.11. The maximum Gasteiger partial charge on any atom is 0.337 e. The van der Waals surface area contributed by atoms with E-state index in [0.29, 0.717) is 12.4 Å². The van der Waals surface area contributed by atoms with Crippen LogP contribution in [0.5, 0.6) is 0 Å². The lowest BCUT2D eigenvalue weighted by Crippen LogP contribution is -2.11. The summed E-state index contributed by atoms with van der Waals surface area (Å²) in [7, 11) is 0. The van der Waals surface area contributed by atoms with E-state index in [0.717, 1.165) is 19.4 Å². The van der Waals surface area contributed by atoms with Crippen LogP contribution in [0, 0.1) is 0 Å². The first-order chi connectivity index (χ1) is 9.02. The highest BCUT2D eigenvalue weighted by Crippen LogP contribution is 2.19. The molecule has 0 amide bonds. The zero-order chi connectivity index (χ0) is 14.3. The molecule has 0 radical (unpaired) electrons. The molecule has 0 bridgehead atoms. The molecule has 0 aliphatic rings. The molecule has 1 heterocycles. The number of ether oxygens (including phenoxy) is 1. The van der Waals surface area contributed by atoms with Crippen molar-refractivity contribution in [3.63, 3.8) is 0 Å². The van der Waals surface area contributed by atoms with Gasteiger partial charge in [0.25, 0.3) is 0 Å². The summed E-state index contributed by atoms with van der Waals surface area (Å²) in [5.74, 6) is -0.627. The lowest BCUT2D eigenvalue weighted by molar-refractivity contribution is 0.0697. The molecule has 4 N–H and O–H groups in total. The van der Waals surface area contributed by atoms with Gasteiger partial charge in [-0.1, -0.05) is 0 Å². The van der Waals surface area contributed by atoms with E-state index in [4.69, 9.17) is 15.6 Å². The summed E-state index contributed by atoms with van der Waals surface area (Å²) in [5, 5.41) is 12.0. The Kier molecular flexibility index (Phi) is 6.08. The number of rotatable bonds is 8. The van der Waals surface area contributed by atoms with E-state index in [1.54, 1.807) is 0 Å². The van der Waals surface area contributed by atoms with E-state index in [9.17, 15) is 4.79 Å². The third-order valence-electron chi connectivity index (χ3n) is 2.54. The third-order valence-corrected chi connectivity index (χ3v) is 2.54. The van der Waals surface area contributed by atoms with E-state index in [2.05, 4.69) is 10.3 Å². The van der Waals surface area contributed by atoms with E-state index < -0.39 is 5.97 Å². The van der Waals surface area contributed by atoms with Gasteiger partial charge in [-0.25, -0.2) is 9.78 Å². The maximum atomic E-state index is 10.9. The van der Waals surface area contributed by atoms with Crippen molar-refractivity contribution >= 4 is 17.5 Å². The minimum atomic E-state index is -1.05. The zero-order valence-electron chi connectivity index (χ0n) is 11.3. The molecule has 19 heavy (non-hydrogen) atoms. The molecule has 106 valence electrons. The van der Waals surface area contributed by atoms with Crippen LogP contribution in [0.1, 0.15) is 37.0 Å². The number of hydrogen-bond acceptors (Lipinski definition) is 5. The van der Waals surface area contributed by atoms with Gasteiger partial charge >= 0.3 is 5.97 Å². The van der Waals surface area contributed by atoms with Gasteiger partial charge in [-0.2, -0.15) is 0 Å². The number of carbonyl (C=O) groups is 1. The topological polar surface area (TPSA) is 97.5 Å². The fourth-order valence-corrected chi connectivity index (χ4v) is 1.55. The summed E-state index contributed by atoms with van der Waals surface area (Å²) in [4.78, 5) is 14.9. The van der Waals surface area contributed by atoms with Crippen molar-refractivity contribution in [3.05, 3.63) is 17.8 Å². The number of aromatic nitrogens is 1. The molecule has 0 spiro atoms. The average molecular weight is 267 g/mol. The number of nitrogens with two attached hydrogens (primary N) is 1. The number of unbranched alkanes of at least 4 members (excludes halogenated alkanes) is 1. The fraction of sp³-hybridized carbons (Fsp3) is 0.538. The highest BCUT2D eigenvalue weighted by molar-refractivity contribution is 5.96. The van der Waals surface area contributed by atoms with Gasteiger partial charge < -0.3 is 20.9 Å². The molecule has 0 aliphatic carbocycles. The Bertz CT molecular complexity index is 422. The van der Waals surface area contributed by atoms with Crippen LogP contribution in [0.3, 0.4) is 0 Å². The van der Waals surface area contributed by atoms with Crippen molar-refractivity contribution < 1.29 is 14.6 Å². The summed E-state index contributed by atoms with van der Waals surface area (Å²) in [6.07, 6.45) is 3.52. The molecule has 0 aromatic carbocycles. The molecule has 1 aromatic heterocycles. The molecule has 1 aromatic rings. The van der Waals surface area contributed by atoms with Crippen molar-refractivity contribution in [1.29, 1.82) is 0 Å². The highest BCUT2D eigenvalue weighted by atomic mass is 16.5. The molecule has 0 fully saturated rings. The van der Waals surface area contributed by atoms with Crippen molar-refractivity contribution in [2.75, 3.05) is 24.2 Å². The number of nitrogens with one attached hydrogen (secondary N) is 1. The average Bonchev–Trinajstić information content (AvgIpc) is 2.34. The van der Waals surface area contributed by atoms with Gasteiger partial charge in [0.05, 0.1) is 17.4 Å². The quantitative estimate of drug-likeness (QED) is 0.623. The number of nitrogens with zero attached hydrogens (tertiary/aromatic N) is 1. The Morgan fingerprint density at radius 1 is 1.53 bits per heavy atom. The van der Waals surface area contributed by atoms with E-state index in [-0.39, 0.29) is 17.4 Å². The van der Waals surface area contributed by atoms with Crippen LogP contribution in [0.25, 0.3) is 0 Å². The van der Waals surface area contributed by atoms with E-state index in [1.165, 1.54) is 12.3 Å². The second kappa shape index (κ2) is 7.58. The SMILES string of the molecule is CC(C)OCCCCNc1nccc(C(=O)O)c1N. The van der Waals surface area contributed by atoms with Crippen LogP contribution in [-0.2, 0) is 4.74 Å². The Labute approximate surface area is 113 Å². The molecule has 6 heteroatoms. The summed E-state index contributed by atoms with van der Waals surface area (Å²) < 4.78 is 5.42. The molecule has 0 unspecified atom stereocenters. The monoisotopic (exact) mass is 267 g/mol. The molecule has 0 atom stereocenters. The second-order valence-corrected chi connectivity index (χ2v) is 4.48. The largest absolute Gasteiger partial charge is 0.478 e. The molecule has 0 saturated carbocycles. The van der Waals surface area contributed by atoms with Crippen LogP contribution in [0.15, 0.2) is 12.3 Å². The standard InChI is InChI=1S/C13H21N3O3/c1-9(2)19-8-4-3-6-15-12-11(14)10(13(17)18)5-7-16-12/h5,7,9H,3-4,6,8,14H2,1-2H3,(H,15,16)(H,17,18). The molecular formula is C13H21N3O3. The van der Waals surface area contributed by atoms with Crippen LogP contribution in [-0.4, -0.2) is 35.3 Å². The van der Waals surface area contributed by atoms with E-state index >= 15 is 0 Å². The van der Waals surface area contributed by atoms with Gasteiger partial charge in [0.2, 0.25) is 0 Å². The van der Waals surface area contributed by atoms with Crippen molar-refractivity contribution in [3.8, 4) is 0 Å². The number of carboxylic acids is 1. The Morgan fingerprint density at radius 2 is 2.26 bits per heavy atom. The van der Waals surface area contributed by atoms with Crippen molar-refractivity contribution in [2.24, 2.45) is 0 Å². The first-order valence-electron chi connectivity index (χ1n) is 6.35. The summed E-state index contributed by atoms with van der Waals surface area (Å²) in [6, 6.07) is 1.39. The van der Waals surface area contributed by atoms with Gasteiger partial charge in [-0.3, -0.25) is 0 Å². The Morgan fingerprint density at radius 3 is 2.89 bits per heavy atom. The zero-order valence-corrected chi connectivity index (χ0v) is 11.3. The summed E-state index contributed by atoms with van der Waals surface area (Å²) in [5.41, 5.74) is 5.98. The lowest BCUT2D eigenvalue weighted by Gasteiger charge is -2.10. The van der Waals surface area contributed by atoms with Gasteiger partial charge in [-0.15, -0.1) is 0 Å². The Hall–Kier alpha value is -1.82. The molecular weight excluding hydrogens is 246 g/mol. The summed E-state index contributed by atoms with van der Waals surface area (Å²) >= 11 is 0. The van der Waals surface area contributed by atoms with Crippen LogP contribution < -0.4 is 11.1 Å². The minimum Gasteiger partial charge on any atom is -0.478 e. The first-order valence-corrected chi connectivity index (χ1v) is 6.35. The van der Waals surface area contributed by atoms with Crippen molar-refractivity contribution in [2.45, 2.75) is 32.8 Å². The first kappa shape index (κ1) is 15.2.